The zero-order valence-corrected chi connectivity index (χ0v) is 12.8. The van der Waals surface area contributed by atoms with Crippen LogP contribution in [-0.2, 0) is 19.0 Å². The number of ether oxygens (including phenoxy) is 3. The lowest BCUT2D eigenvalue weighted by Gasteiger charge is -2.15. The van der Waals surface area contributed by atoms with Crippen LogP contribution in [0.15, 0.2) is 46.6 Å². The van der Waals surface area contributed by atoms with Crippen molar-refractivity contribution in [2.24, 2.45) is 0 Å². The number of carbonyl (C=O) groups excluding carboxylic acids is 1. The smallest absolute Gasteiger partial charge is 0.471 e. The summed E-state index contributed by atoms with van der Waals surface area (Å²) in [6.45, 7) is -0.284. The van der Waals surface area contributed by atoms with E-state index in [1.807, 2.05) is 0 Å². The second-order valence-electron chi connectivity index (χ2n) is 4.25. The van der Waals surface area contributed by atoms with E-state index in [4.69, 9.17) is 14.2 Å². The SMILES string of the molecule is COC1=C=C=C(C(OC)OC)C=C1/C=C/CNC(=O)C(F)(F)F. The van der Waals surface area contributed by atoms with E-state index in [0.717, 1.165) is 0 Å². The molecule has 0 saturated carbocycles. The summed E-state index contributed by atoms with van der Waals surface area (Å²) >= 11 is 0. The van der Waals surface area contributed by atoms with Gasteiger partial charge in [0.1, 0.15) is 0 Å². The molecule has 1 rings (SSSR count). The minimum Gasteiger partial charge on any atom is -0.488 e. The molecule has 0 aromatic heterocycles. The molecule has 0 bridgehead atoms. The molecule has 1 aliphatic rings. The molecule has 0 aromatic carbocycles. The minimum atomic E-state index is -4.90. The lowest BCUT2D eigenvalue weighted by Crippen LogP contribution is -2.36. The summed E-state index contributed by atoms with van der Waals surface area (Å²) in [5, 5.41) is 1.73. The topological polar surface area (TPSA) is 56.8 Å². The van der Waals surface area contributed by atoms with E-state index < -0.39 is 18.4 Å². The van der Waals surface area contributed by atoms with Gasteiger partial charge in [-0.2, -0.15) is 13.2 Å². The molecule has 0 spiro atoms. The predicted octanol–water partition coefficient (Wildman–Crippen LogP) is 1.99. The summed E-state index contributed by atoms with van der Waals surface area (Å²) in [6, 6.07) is 0. The highest BCUT2D eigenvalue weighted by Crippen LogP contribution is 2.20. The lowest BCUT2D eigenvalue weighted by molar-refractivity contribution is -0.173. The van der Waals surface area contributed by atoms with Crippen molar-refractivity contribution in [1.29, 1.82) is 0 Å². The number of allylic oxidation sites excluding steroid dienone is 1. The van der Waals surface area contributed by atoms with E-state index in [1.165, 1.54) is 33.5 Å². The van der Waals surface area contributed by atoms with Crippen LogP contribution < -0.4 is 5.32 Å². The zero-order valence-electron chi connectivity index (χ0n) is 12.8. The number of hydrogen-bond donors (Lipinski definition) is 1. The number of halogens is 3. The molecule has 0 atom stereocenters. The van der Waals surface area contributed by atoms with Crippen molar-refractivity contribution < 1.29 is 32.2 Å². The standard InChI is InChI=1S/C15H16F3NO4/c1-21-12-7-6-11(13(22-2)23-3)9-10(12)5-4-8-19-14(20)15(16,17)18/h4-5,9,13H,8H2,1-3H3,(H,19,20)/b5-4+. The third kappa shape index (κ3) is 5.47. The number of hydrogen-bond acceptors (Lipinski definition) is 4. The fourth-order valence-corrected chi connectivity index (χ4v) is 1.68. The first kappa shape index (κ1) is 18.8. The Labute approximate surface area is 131 Å². The van der Waals surface area contributed by atoms with Gasteiger partial charge in [0.05, 0.1) is 12.7 Å². The highest BCUT2D eigenvalue weighted by atomic mass is 19.4. The van der Waals surface area contributed by atoms with E-state index in [0.29, 0.717) is 16.9 Å². The average Bonchev–Trinajstić information content (AvgIpc) is 2.51. The van der Waals surface area contributed by atoms with Crippen molar-refractivity contribution in [3.8, 4) is 0 Å². The van der Waals surface area contributed by atoms with Gasteiger partial charge in [0.2, 0.25) is 0 Å². The first-order valence-corrected chi connectivity index (χ1v) is 6.42. The van der Waals surface area contributed by atoms with Gasteiger partial charge in [-0.05, 0) is 11.8 Å². The molecule has 23 heavy (non-hydrogen) atoms. The normalized spacial score (nSPS) is 14.7. The second-order valence-corrected chi connectivity index (χ2v) is 4.25. The number of carbonyl (C=O) groups is 1. The van der Waals surface area contributed by atoms with Gasteiger partial charge >= 0.3 is 12.1 Å². The van der Waals surface area contributed by atoms with E-state index in [9.17, 15) is 18.0 Å². The zero-order chi connectivity index (χ0) is 17.5. The largest absolute Gasteiger partial charge is 0.488 e. The van der Waals surface area contributed by atoms with Crippen molar-refractivity contribution >= 4 is 5.91 Å². The predicted molar refractivity (Wildman–Crippen MR) is 75.2 cm³/mol. The van der Waals surface area contributed by atoms with Crippen molar-refractivity contribution in [1.82, 2.24) is 5.32 Å². The maximum atomic E-state index is 12.0. The van der Waals surface area contributed by atoms with Gasteiger partial charge in [-0.1, -0.05) is 17.9 Å². The molecule has 0 unspecified atom stereocenters. The Kier molecular flexibility index (Phi) is 6.88. The molecule has 1 amide bonds. The summed E-state index contributed by atoms with van der Waals surface area (Å²) in [4.78, 5) is 10.7. The van der Waals surface area contributed by atoms with Crippen LogP contribution in [0.5, 0.6) is 0 Å². The van der Waals surface area contributed by atoms with Gasteiger partial charge in [-0.25, -0.2) is 0 Å². The van der Waals surface area contributed by atoms with E-state index in [-0.39, 0.29) is 6.54 Å². The van der Waals surface area contributed by atoms with Crippen molar-refractivity contribution in [2.45, 2.75) is 12.5 Å². The summed E-state index contributed by atoms with van der Waals surface area (Å²) < 4.78 is 51.4. The van der Waals surface area contributed by atoms with Crippen molar-refractivity contribution in [3.05, 3.63) is 46.6 Å². The van der Waals surface area contributed by atoms with E-state index in [1.54, 1.807) is 11.4 Å². The molecule has 0 aliphatic heterocycles. The Hall–Kier alpha value is -2.24. The molecule has 0 radical (unpaired) electrons. The Morgan fingerprint density at radius 3 is 2.48 bits per heavy atom. The first-order valence-electron chi connectivity index (χ1n) is 6.42. The lowest BCUT2D eigenvalue weighted by atomic mass is 10.1. The van der Waals surface area contributed by atoms with Crippen LogP contribution in [0.4, 0.5) is 13.2 Å². The van der Waals surface area contributed by atoms with E-state index in [2.05, 4.69) is 11.5 Å². The molecule has 0 saturated heterocycles. The van der Waals surface area contributed by atoms with Gasteiger partial charge in [-0.15, -0.1) is 0 Å². The molecule has 8 heteroatoms. The van der Waals surface area contributed by atoms with Gasteiger partial charge in [0.25, 0.3) is 0 Å². The number of nitrogens with one attached hydrogen (secondary N) is 1. The molecular formula is C15H16F3NO4. The van der Waals surface area contributed by atoms with Crippen molar-refractivity contribution in [3.63, 3.8) is 0 Å². The quantitative estimate of drug-likeness (QED) is 0.573. The summed E-state index contributed by atoms with van der Waals surface area (Å²) in [5.74, 6) is -1.65. The van der Waals surface area contributed by atoms with Crippen LogP contribution >= 0.6 is 0 Å². The maximum Gasteiger partial charge on any atom is 0.471 e. The van der Waals surface area contributed by atoms with Gasteiger partial charge in [-0.3, -0.25) is 4.79 Å². The monoisotopic (exact) mass is 331 g/mol. The fourth-order valence-electron chi connectivity index (χ4n) is 1.68. The maximum absolute atomic E-state index is 12.0. The first-order chi connectivity index (χ1) is 10.8. The highest BCUT2D eigenvalue weighted by Gasteiger charge is 2.37. The van der Waals surface area contributed by atoms with Crippen LogP contribution in [0.2, 0.25) is 0 Å². The number of alkyl halides is 3. The summed E-state index contributed by atoms with van der Waals surface area (Å²) in [5.41, 5.74) is 6.63. The third-order valence-corrected chi connectivity index (χ3v) is 2.72. The fraction of sp³-hybridized carbons (Fsp3) is 0.400. The Morgan fingerprint density at radius 2 is 1.96 bits per heavy atom. The third-order valence-electron chi connectivity index (χ3n) is 2.72. The Morgan fingerprint density at radius 1 is 1.30 bits per heavy atom. The Bertz CT molecular complexity index is 603. The van der Waals surface area contributed by atoms with Crippen molar-refractivity contribution in [2.75, 3.05) is 27.9 Å². The molecule has 126 valence electrons. The molecule has 1 N–H and O–H groups in total. The van der Waals surface area contributed by atoms with Gasteiger partial charge < -0.3 is 19.5 Å². The highest BCUT2D eigenvalue weighted by molar-refractivity contribution is 5.81. The molecule has 0 heterocycles. The molecular weight excluding hydrogens is 315 g/mol. The molecule has 0 fully saturated rings. The number of amides is 1. The van der Waals surface area contributed by atoms with Gasteiger partial charge in [0, 0.05) is 26.3 Å². The van der Waals surface area contributed by atoms with Gasteiger partial charge in [0.15, 0.2) is 12.0 Å². The Balaban J connectivity index is 2.80. The second kappa shape index (κ2) is 8.41. The molecule has 5 nitrogen and oxygen atoms in total. The van der Waals surface area contributed by atoms with Crippen LogP contribution in [0.25, 0.3) is 0 Å². The average molecular weight is 331 g/mol. The van der Waals surface area contributed by atoms with Crippen LogP contribution in [0.1, 0.15) is 0 Å². The van der Waals surface area contributed by atoms with Crippen LogP contribution in [0.3, 0.4) is 0 Å². The number of methoxy groups -OCH3 is 3. The summed E-state index contributed by atoms with van der Waals surface area (Å²) in [7, 11) is 4.33. The number of rotatable bonds is 7. The van der Waals surface area contributed by atoms with Crippen LogP contribution in [0, 0.1) is 0 Å². The minimum absolute atomic E-state index is 0.284. The molecule has 1 aliphatic carbocycles. The van der Waals surface area contributed by atoms with E-state index >= 15 is 0 Å². The molecule has 0 aromatic rings. The van der Waals surface area contributed by atoms with Crippen LogP contribution in [-0.4, -0.2) is 46.2 Å². The summed E-state index contributed by atoms with van der Waals surface area (Å²) in [6.07, 6.45) is -1.08.